The van der Waals surface area contributed by atoms with Gasteiger partial charge in [0.2, 0.25) is 0 Å². The van der Waals surface area contributed by atoms with Crippen molar-refractivity contribution in [3.05, 3.63) is 59.1 Å². The van der Waals surface area contributed by atoms with Crippen molar-refractivity contribution in [2.24, 2.45) is 0 Å². The summed E-state index contributed by atoms with van der Waals surface area (Å²) in [7, 11) is 3.13. The third-order valence-corrected chi connectivity index (χ3v) is 3.31. The molecule has 3 rings (SSSR count). The molecule has 3 aromatic rings. The minimum atomic E-state index is -0.118. The summed E-state index contributed by atoms with van der Waals surface area (Å²) in [6, 6.07) is 12.6. The molecule has 2 aromatic carbocycles. The van der Waals surface area contributed by atoms with Crippen molar-refractivity contribution in [1.29, 1.82) is 0 Å². The molecule has 0 N–H and O–H groups in total. The Morgan fingerprint density at radius 2 is 1.76 bits per heavy atom. The number of fused-ring (bicyclic) bond motifs is 1. The van der Waals surface area contributed by atoms with Crippen molar-refractivity contribution in [2.75, 3.05) is 14.2 Å². The van der Waals surface area contributed by atoms with Gasteiger partial charge in [-0.15, -0.1) is 0 Å². The van der Waals surface area contributed by atoms with Crippen LogP contribution in [0, 0.1) is 0 Å². The summed E-state index contributed by atoms with van der Waals surface area (Å²) in [6.07, 6.45) is 1.52. The smallest absolute Gasteiger partial charge is 0.265 e. The van der Waals surface area contributed by atoms with E-state index in [-0.39, 0.29) is 5.56 Å². The maximum absolute atomic E-state index is 12.5. The number of hydrogen-bond donors (Lipinski definition) is 0. The molecule has 0 bridgehead atoms. The largest absolute Gasteiger partial charge is 0.493 e. The molecule has 5 heteroatoms. The number of methoxy groups -OCH3 is 2. The minimum Gasteiger partial charge on any atom is -0.493 e. The van der Waals surface area contributed by atoms with Crippen LogP contribution in [0.25, 0.3) is 16.6 Å². The van der Waals surface area contributed by atoms with Gasteiger partial charge in [-0.3, -0.25) is 9.36 Å². The fraction of sp³-hybridized carbons (Fsp3) is 0.125. The summed E-state index contributed by atoms with van der Waals surface area (Å²) in [5.41, 5.74) is 1.24. The Morgan fingerprint density at radius 3 is 2.52 bits per heavy atom. The zero-order valence-corrected chi connectivity index (χ0v) is 11.7. The second kappa shape index (κ2) is 5.28. The molecule has 0 saturated heterocycles. The second-order valence-corrected chi connectivity index (χ2v) is 4.48. The quantitative estimate of drug-likeness (QED) is 0.740. The highest BCUT2D eigenvalue weighted by Crippen LogP contribution is 2.28. The maximum Gasteiger partial charge on any atom is 0.265 e. The van der Waals surface area contributed by atoms with Crippen LogP contribution in [0.3, 0.4) is 0 Å². The van der Waals surface area contributed by atoms with Crippen molar-refractivity contribution in [3.63, 3.8) is 0 Å². The Balaban J connectivity index is 2.21. The topological polar surface area (TPSA) is 53.4 Å². The first-order valence-electron chi connectivity index (χ1n) is 6.43. The van der Waals surface area contributed by atoms with E-state index in [0.29, 0.717) is 28.1 Å². The Bertz CT molecular complexity index is 856. The summed E-state index contributed by atoms with van der Waals surface area (Å²) in [5.74, 6) is 1.18. The molecule has 0 aliphatic carbocycles. The van der Waals surface area contributed by atoms with E-state index in [9.17, 15) is 4.79 Å². The van der Waals surface area contributed by atoms with Crippen LogP contribution in [0.1, 0.15) is 0 Å². The molecular formula is C16H14N2O3. The van der Waals surface area contributed by atoms with E-state index in [0.717, 1.165) is 0 Å². The fourth-order valence-electron chi connectivity index (χ4n) is 2.23. The summed E-state index contributed by atoms with van der Waals surface area (Å²) in [4.78, 5) is 16.8. The summed E-state index contributed by atoms with van der Waals surface area (Å²) < 4.78 is 12.0. The zero-order chi connectivity index (χ0) is 14.8. The molecule has 0 saturated carbocycles. The number of benzene rings is 2. The fourth-order valence-corrected chi connectivity index (χ4v) is 2.23. The lowest BCUT2D eigenvalue weighted by Gasteiger charge is -2.11. The van der Waals surface area contributed by atoms with Crippen molar-refractivity contribution in [1.82, 2.24) is 9.55 Å². The molecule has 5 nitrogen and oxygen atoms in total. The van der Waals surface area contributed by atoms with Crippen LogP contribution in [0.5, 0.6) is 11.5 Å². The van der Waals surface area contributed by atoms with Gasteiger partial charge in [0.05, 0.1) is 30.8 Å². The van der Waals surface area contributed by atoms with E-state index in [4.69, 9.17) is 9.47 Å². The van der Waals surface area contributed by atoms with E-state index in [1.54, 1.807) is 38.5 Å². The first-order valence-corrected chi connectivity index (χ1v) is 6.43. The molecule has 0 aliphatic heterocycles. The van der Waals surface area contributed by atoms with Crippen LogP contribution in [0.4, 0.5) is 0 Å². The van der Waals surface area contributed by atoms with Gasteiger partial charge in [0.25, 0.3) is 5.56 Å². The van der Waals surface area contributed by atoms with E-state index in [2.05, 4.69) is 4.98 Å². The Hall–Kier alpha value is -2.82. The highest BCUT2D eigenvalue weighted by molar-refractivity contribution is 5.77. The monoisotopic (exact) mass is 282 g/mol. The summed E-state index contributed by atoms with van der Waals surface area (Å²) >= 11 is 0. The predicted molar refractivity (Wildman–Crippen MR) is 80.4 cm³/mol. The van der Waals surface area contributed by atoms with Crippen molar-refractivity contribution < 1.29 is 9.47 Å². The molecule has 21 heavy (non-hydrogen) atoms. The second-order valence-electron chi connectivity index (χ2n) is 4.48. The lowest BCUT2D eigenvalue weighted by atomic mass is 10.2. The van der Waals surface area contributed by atoms with Crippen LogP contribution in [-0.2, 0) is 0 Å². The third kappa shape index (κ3) is 2.23. The number of aromatic nitrogens is 2. The Labute approximate surface area is 121 Å². The molecule has 0 atom stereocenters. The van der Waals surface area contributed by atoms with Gasteiger partial charge in [0, 0.05) is 6.07 Å². The molecule has 106 valence electrons. The van der Waals surface area contributed by atoms with Gasteiger partial charge >= 0.3 is 0 Å². The van der Waals surface area contributed by atoms with Crippen molar-refractivity contribution >= 4 is 10.9 Å². The predicted octanol–water partition coefficient (Wildman–Crippen LogP) is 2.40. The first-order chi connectivity index (χ1) is 10.2. The highest BCUT2D eigenvalue weighted by Gasteiger charge is 2.09. The van der Waals surface area contributed by atoms with Crippen LogP contribution in [0.15, 0.2) is 53.6 Å². The van der Waals surface area contributed by atoms with Gasteiger partial charge in [0.15, 0.2) is 11.5 Å². The Morgan fingerprint density at radius 1 is 1.00 bits per heavy atom. The van der Waals surface area contributed by atoms with E-state index in [1.165, 1.54) is 10.9 Å². The van der Waals surface area contributed by atoms with Gasteiger partial charge in [-0.2, -0.15) is 0 Å². The standard InChI is InChI=1S/C16H14N2O3/c1-20-14-8-7-11(9-15(14)21-2)18-10-17-13-6-4-3-5-12(13)16(18)19/h3-10H,1-2H3. The van der Waals surface area contributed by atoms with Gasteiger partial charge < -0.3 is 9.47 Å². The average Bonchev–Trinajstić information content (AvgIpc) is 2.55. The number of ether oxygens (including phenoxy) is 2. The molecule has 0 fully saturated rings. The van der Waals surface area contributed by atoms with Crippen LogP contribution >= 0.6 is 0 Å². The van der Waals surface area contributed by atoms with E-state index < -0.39 is 0 Å². The van der Waals surface area contributed by atoms with Crippen molar-refractivity contribution in [2.45, 2.75) is 0 Å². The summed E-state index contributed by atoms with van der Waals surface area (Å²) in [5, 5.41) is 0.579. The van der Waals surface area contributed by atoms with Crippen molar-refractivity contribution in [3.8, 4) is 17.2 Å². The SMILES string of the molecule is COc1ccc(-n2cnc3ccccc3c2=O)cc1OC. The molecule has 0 radical (unpaired) electrons. The zero-order valence-electron chi connectivity index (χ0n) is 11.7. The normalized spacial score (nSPS) is 10.6. The van der Waals surface area contributed by atoms with Gasteiger partial charge in [0.1, 0.15) is 6.33 Å². The van der Waals surface area contributed by atoms with Gasteiger partial charge in [-0.25, -0.2) is 4.98 Å². The molecule has 1 aromatic heterocycles. The number of hydrogen-bond acceptors (Lipinski definition) is 4. The average molecular weight is 282 g/mol. The molecule has 0 amide bonds. The van der Waals surface area contributed by atoms with Crippen LogP contribution < -0.4 is 15.0 Å². The molecule has 0 unspecified atom stereocenters. The van der Waals surface area contributed by atoms with E-state index in [1.807, 2.05) is 18.2 Å². The Kier molecular flexibility index (Phi) is 3.31. The molecule has 0 spiro atoms. The van der Waals surface area contributed by atoms with E-state index >= 15 is 0 Å². The van der Waals surface area contributed by atoms with Gasteiger partial charge in [-0.1, -0.05) is 12.1 Å². The minimum absolute atomic E-state index is 0.118. The number of rotatable bonds is 3. The number of nitrogens with zero attached hydrogens (tertiary/aromatic N) is 2. The molecular weight excluding hydrogens is 268 g/mol. The van der Waals surface area contributed by atoms with Gasteiger partial charge in [-0.05, 0) is 24.3 Å². The molecule has 0 aliphatic rings. The molecule has 1 heterocycles. The lowest BCUT2D eigenvalue weighted by molar-refractivity contribution is 0.355. The number of para-hydroxylation sites is 1. The maximum atomic E-state index is 12.5. The third-order valence-electron chi connectivity index (χ3n) is 3.31. The highest BCUT2D eigenvalue weighted by atomic mass is 16.5. The lowest BCUT2D eigenvalue weighted by Crippen LogP contribution is -2.18. The first kappa shape index (κ1) is 13.2. The van der Waals surface area contributed by atoms with Crippen LogP contribution in [0.2, 0.25) is 0 Å². The summed E-state index contributed by atoms with van der Waals surface area (Å²) in [6.45, 7) is 0. The van der Waals surface area contributed by atoms with Crippen LogP contribution in [-0.4, -0.2) is 23.8 Å².